The summed E-state index contributed by atoms with van der Waals surface area (Å²) in [7, 11) is 0. The lowest BCUT2D eigenvalue weighted by molar-refractivity contribution is -0.116. The van der Waals surface area contributed by atoms with Crippen molar-refractivity contribution in [3.05, 3.63) is 33.8 Å². The minimum Gasteiger partial charge on any atom is -0.299 e. The molecule has 1 nitrogen and oxygen atoms in total. The molecule has 0 radical (unpaired) electrons. The van der Waals surface area contributed by atoms with Crippen LogP contribution in [0.2, 0.25) is 10.0 Å². The molecule has 0 bridgehead atoms. The number of hydrogen-bond acceptors (Lipinski definition) is 1. The molecule has 4 heteroatoms. The van der Waals surface area contributed by atoms with Gasteiger partial charge in [-0.2, -0.15) is 0 Å². The molecule has 0 saturated heterocycles. The SMILES string of the molecule is CC(=O)C(Br)Cc1ccc(Cl)cc1Cl. The third-order valence-corrected chi connectivity index (χ3v) is 3.41. The van der Waals surface area contributed by atoms with Crippen molar-refractivity contribution in [2.75, 3.05) is 0 Å². The molecule has 0 amide bonds. The van der Waals surface area contributed by atoms with Gasteiger partial charge in [-0.1, -0.05) is 45.2 Å². The number of Topliss-reactive ketones (excluding diaryl/α,β-unsaturated/α-hetero) is 1. The van der Waals surface area contributed by atoms with E-state index in [1.54, 1.807) is 19.1 Å². The zero-order valence-corrected chi connectivity index (χ0v) is 10.7. The second kappa shape index (κ2) is 5.15. The Hall–Kier alpha value is -0.0500. The normalized spacial score (nSPS) is 12.6. The van der Waals surface area contributed by atoms with Gasteiger partial charge in [0.15, 0.2) is 0 Å². The molecular formula is C10H9BrCl2O. The van der Waals surface area contributed by atoms with Gasteiger partial charge in [-0.15, -0.1) is 0 Å². The van der Waals surface area contributed by atoms with Gasteiger partial charge in [-0.25, -0.2) is 0 Å². The van der Waals surface area contributed by atoms with E-state index in [1.165, 1.54) is 0 Å². The summed E-state index contributed by atoms with van der Waals surface area (Å²) in [5.74, 6) is 0.0935. The first-order valence-corrected chi connectivity index (χ1v) is 5.76. The van der Waals surface area contributed by atoms with Gasteiger partial charge in [-0.3, -0.25) is 4.79 Å². The maximum absolute atomic E-state index is 11.0. The molecule has 1 rings (SSSR count). The van der Waals surface area contributed by atoms with Crippen LogP contribution in [0.25, 0.3) is 0 Å². The van der Waals surface area contributed by atoms with Crippen LogP contribution in [0.3, 0.4) is 0 Å². The summed E-state index contributed by atoms with van der Waals surface area (Å²) >= 11 is 15.0. The molecule has 0 aliphatic rings. The predicted octanol–water partition coefficient (Wildman–Crippen LogP) is 3.89. The lowest BCUT2D eigenvalue weighted by Crippen LogP contribution is -2.12. The second-order valence-corrected chi connectivity index (χ2v) is 4.97. The minimum absolute atomic E-state index is 0.0935. The predicted molar refractivity (Wildman–Crippen MR) is 63.6 cm³/mol. The Morgan fingerprint density at radius 3 is 2.64 bits per heavy atom. The van der Waals surface area contributed by atoms with Crippen LogP contribution in [0.4, 0.5) is 0 Å². The van der Waals surface area contributed by atoms with Gasteiger partial charge >= 0.3 is 0 Å². The smallest absolute Gasteiger partial charge is 0.143 e. The number of ketones is 1. The number of rotatable bonds is 3. The highest BCUT2D eigenvalue weighted by Crippen LogP contribution is 2.23. The third kappa shape index (κ3) is 3.26. The largest absolute Gasteiger partial charge is 0.299 e. The summed E-state index contributed by atoms with van der Waals surface area (Å²) in [5, 5.41) is 1.20. The maximum atomic E-state index is 11.0. The van der Waals surface area contributed by atoms with E-state index in [1.807, 2.05) is 6.07 Å². The van der Waals surface area contributed by atoms with Crippen LogP contribution in [0, 0.1) is 0 Å². The first-order valence-electron chi connectivity index (χ1n) is 4.09. The molecule has 76 valence electrons. The molecule has 0 aromatic heterocycles. The Morgan fingerprint density at radius 2 is 2.14 bits per heavy atom. The number of alkyl halides is 1. The Morgan fingerprint density at radius 1 is 1.50 bits per heavy atom. The zero-order valence-electron chi connectivity index (χ0n) is 7.56. The van der Waals surface area contributed by atoms with Gasteiger partial charge in [-0.05, 0) is 31.0 Å². The standard InChI is InChI=1S/C10H9BrCl2O/c1-6(14)9(11)4-7-2-3-8(12)5-10(7)13/h2-3,5,9H,4H2,1H3. The molecular weight excluding hydrogens is 287 g/mol. The average molecular weight is 296 g/mol. The van der Waals surface area contributed by atoms with Crippen LogP contribution >= 0.6 is 39.1 Å². The van der Waals surface area contributed by atoms with E-state index in [0.717, 1.165) is 5.56 Å². The maximum Gasteiger partial charge on any atom is 0.143 e. The van der Waals surface area contributed by atoms with E-state index in [4.69, 9.17) is 23.2 Å². The van der Waals surface area contributed by atoms with Crippen molar-refractivity contribution < 1.29 is 4.79 Å². The molecule has 0 heterocycles. The second-order valence-electron chi connectivity index (χ2n) is 3.02. The van der Waals surface area contributed by atoms with Crippen LogP contribution in [0.15, 0.2) is 18.2 Å². The van der Waals surface area contributed by atoms with E-state index in [2.05, 4.69) is 15.9 Å². The van der Waals surface area contributed by atoms with Crippen LogP contribution in [0.1, 0.15) is 12.5 Å². The average Bonchev–Trinajstić information content (AvgIpc) is 2.09. The topological polar surface area (TPSA) is 17.1 Å². The van der Waals surface area contributed by atoms with E-state index in [-0.39, 0.29) is 10.6 Å². The van der Waals surface area contributed by atoms with E-state index in [9.17, 15) is 4.79 Å². The minimum atomic E-state index is -0.179. The van der Waals surface area contributed by atoms with Crippen molar-refractivity contribution >= 4 is 44.9 Å². The van der Waals surface area contributed by atoms with Gasteiger partial charge in [0, 0.05) is 10.0 Å². The molecule has 0 spiro atoms. The van der Waals surface area contributed by atoms with Crippen molar-refractivity contribution in [1.29, 1.82) is 0 Å². The molecule has 1 aromatic carbocycles. The van der Waals surface area contributed by atoms with E-state index >= 15 is 0 Å². The van der Waals surface area contributed by atoms with E-state index < -0.39 is 0 Å². The molecule has 1 aromatic rings. The van der Waals surface area contributed by atoms with Gasteiger partial charge in [0.1, 0.15) is 5.78 Å². The van der Waals surface area contributed by atoms with Gasteiger partial charge in [0.2, 0.25) is 0 Å². The molecule has 0 saturated carbocycles. The Balaban J connectivity index is 2.82. The highest BCUT2D eigenvalue weighted by Gasteiger charge is 2.12. The number of carbonyl (C=O) groups is 1. The van der Waals surface area contributed by atoms with Crippen molar-refractivity contribution in [2.45, 2.75) is 18.2 Å². The number of carbonyl (C=O) groups excluding carboxylic acids is 1. The summed E-state index contributed by atoms with van der Waals surface area (Å²) in [4.78, 5) is 10.8. The van der Waals surface area contributed by atoms with Gasteiger partial charge in [0.25, 0.3) is 0 Å². The number of hydrogen-bond donors (Lipinski definition) is 0. The molecule has 1 atom stereocenters. The van der Waals surface area contributed by atoms with Crippen LogP contribution in [-0.2, 0) is 11.2 Å². The fourth-order valence-electron chi connectivity index (χ4n) is 1.02. The Labute approximate surface area is 102 Å². The van der Waals surface area contributed by atoms with E-state index in [0.29, 0.717) is 16.5 Å². The third-order valence-electron chi connectivity index (χ3n) is 1.86. The molecule has 0 fully saturated rings. The van der Waals surface area contributed by atoms with Crippen molar-refractivity contribution in [3.8, 4) is 0 Å². The molecule has 0 aliphatic heterocycles. The summed E-state index contributed by atoms with van der Waals surface area (Å²) in [6.45, 7) is 1.54. The summed E-state index contributed by atoms with van der Waals surface area (Å²) in [5.41, 5.74) is 0.924. The van der Waals surface area contributed by atoms with Crippen LogP contribution in [-0.4, -0.2) is 10.6 Å². The summed E-state index contributed by atoms with van der Waals surface area (Å²) in [6.07, 6.45) is 0.589. The van der Waals surface area contributed by atoms with Gasteiger partial charge < -0.3 is 0 Å². The van der Waals surface area contributed by atoms with Gasteiger partial charge in [0.05, 0.1) is 4.83 Å². The van der Waals surface area contributed by atoms with Crippen molar-refractivity contribution in [1.82, 2.24) is 0 Å². The Kier molecular flexibility index (Phi) is 4.42. The lowest BCUT2D eigenvalue weighted by Gasteiger charge is -2.07. The Bertz CT molecular complexity index is 352. The van der Waals surface area contributed by atoms with Crippen LogP contribution in [0.5, 0.6) is 0 Å². The number of halogens is 3. The van der Waals surface area contributed by atoms with Crippen molar-refractivity contribution in [2.24, 2.45) is 0 Å². The summed E-state index contributed by atoms with van der Waals surface area (Å²) < 4.78 is 0. The fourth-order valence-corrected chi connectivity index (χ4v) is 1.86. The number of benzene rings is 1. The van der Waals surface area contributed by atoms with Crippen LogP contribution < -0.4 is 0 Å². The quantitative estimate of drug-likeness (QED) is 0.773. The molecule has 0 N–H and O–H groups in total. The highest BCUT2D eigenvalue weighted by atomic mass is 79.9. The summed E-state index contributed by atoms with van der Waals surface area (Å²) in [6, 6.07) is 5.28. The molecule has 0 aliphatic carbocycles. The first kappa shape index (κ1) is 12.0. The first-order chi connectivity index (χ1) is 6.50. The van der Waals surface area contributed by atoms with Crippen molar-refractivity contribution in [3.63, 3.8) is 0 Å². The monoisotopic (exact) mass is 294 g/mol. The lowest BCUT2D eigenvalue weighted by atomic mass is 10.1. The highest BCUT2D eigenvalue weighted by molar-refractivity contribution is 9.10. The molecule has 1 unspecified atom stereocenters. The fraction of sp³-hybridized carbons (Fsp3) is 0.300. The zero-order chi connectivity index (χ0) is 10.7. The molecule has 14 heavy (non-hydrogen) atoms.